The van der Waals surface area contributed by atoms with E-state index in [4.69, 9.17) is 27.8 Å². The highest BCUT2D eigenvalue weighted by Gasteiger charge is 2.29. The molecular formula is C15H22N2O3S. The highest BCUT2D eigenvalue weighted by molar-refractivity contribution is 7.80. The molecule has 6 heteroatoms. The van der Waals surface area contributed by atoms with Crippen molar-refractivity contribution in [2.24, 2.45) is 5.73 Å². The van der Waals surface area contributed by atoms with Crippen LogP contribution in [0.3, 0.4) is 0 Å². The van der Waals surface area contributed by atoms with Gasteiger partial charge in [-0.05, 0) is 37.1 Å². The van der Waals surface area contributed by atoms with Gasteiger partial charge in [-0.25, -0.2) is 0 Å². The van der Waals surface area contributed by atoms with Crippen molar-refractivity contribution in [2.45, 2.75) is 25.0 Å². The van der Waals surface area contributed by atoms with Gasteiger partial charge >= 0.3 is 0 Å². The van der Waals surface area contributed by atoms with Gasteiger partial charge in [-0.3, -0.25) is 4.90 Å². The first kappa shape index (κ1) is 16.2. The molecule has 0 spiro atoms. The van der Waals surface area contributed by atoms with Crippen LogP contribution in [0.5, 0.6) is 5.75 Å². The van der Waals surface area contributed by atoms with Crippen molar-refractivity contribution >= 4 is 17.2 Å². The fourth-order valence-corrected chi connectivity index (χ4v) is 2.36. The zero-order valence-corrected chi connectivity index (χ0v) is 12.8. The summed E-state index contributed by atoms with van der Waals surface area (Å²) in [6.45, 7) is 1.46. The van der Waals surface area contributed by atoms with Crippen LogP contribution in [0.25, 0.3) is 0 Å². The van der Waals surface area contributed by atoms with Crippen LogP contribution in [0.4, 0.5) is 0 Å². The third-order valence-corrected chi connectivity index (χ3v) is 3.71. The van der Waals surface area contributed by atoms with Crippen molar-refractivity contribution in [3.8, 4) is 5.75 Å². The van der Waals surface area contributed by atoms with Crippen molar-refractivity contribution in [3.63, 3.8) is 0 Å². The van der Waals surface area contributed by atoms with E-state index >= 15 is 0 Å². The maximum Gasteiger partial charge on any atom is 0.119 e. The van der Waals surface area contributed by atoms with Crippen molar-refractivity contribution in [1.29, 1.82) is 0 Å². The van der Waals surface area contributed by atoms with Gasteiger partial charge in [0.2, 0.25) is 0 Å². The Hall–Kier alpha value is -1.21. The van der Waals surface area contributed by atoms with Crippen molar-refractivity contribution in [3.05, 3.63) is 29.8 Å². The summed E-state index contributed by atoms with van der Waals surface area (Å²) >= 11 is 4.89. The number of benzene rings is 1. The molecule has 1 aromatic carbocycles. The Kier molecular flexibility index (Phi) is 5.93. The van der Waals surface area contributed by atoms with Gasteiger partial charge in [0.25, 0.3) is 0 Å². The second-order valence-electron chi connectivity index (χ2n) is 5.30. The smallest absolute Gasteiger partial charge is 0.119 e. The molecule has 1 unspecified atom stereocenters. The van der Waals surface area contributed by atoms with Gasteiger partial charge in [-0.2, -0.15) is 0 Å². The normalized spacial score (nSPS) is 16.0. The average molecular weight is 310 g/mol. The Morgan fingerprint density at radius 2 is 2.05 bits per heavy atom. The first-order valence-electron chi connectivity index (χ1n) is 7.16. The number of rotatable bonds is 9. The topological polar surface area (TPSA) is 79.0 Å². The summed E-state index contributed by atoms with van der Waals surface area (Å²) in [5.41, 5.74) is 6.32. The van der Waals surface area contributed by atoms with Crippen molar-refractivity contribution in [2.75, 3.05) is 26.3 Å². The maximum atomic E-state index is 10.0. The van der Waals surface area contributed by atoms with E-state index in [0.717, 1.165) is 18.4 Å². The van der Waals surface area contributed by atoms with E-state index in [2.05, 4.69) is 4.90 Å². The molecule has 5 nitrogen and oxygen atoms in total. The van der Waals surface area contributed by atoms with Gasteiger partial charge in [0.05, 0.1) is 6.61 Å². The molecule has 1 saturated carbocycles. The highest BCUT2D eigenvalue weighted by Crippen LogP contribution is 2.26. The minimum atomic E-state index is -0.576. The summed E-state index contributed by atoms with van der Waals surface area (Å²) in [4.78, 5) is 2.47. The number of aliphatic hydroxyl groups excluding tert-OH is 2. The fraction of sp³-hybridized carbons (Fsp3) is 0.533. The van der Waals surface area contributed by atoms with Crippen LogP contribution in [0.2, 0.25) is 0 Å². The van der Waals surface area contributed by atoms with Crippen molar-refractivity contribution in [1.82, 2.24) is 4.90 Å². The van der Waals surface area contributed by atoms with Crippen molar-refractivity contribution < 1.29 is 14.9 Å². The van der Waals surface area contributed by atoms with E-state index in [9.17, 15) is 5.11 Å². The standard InChI is InChI=1S/C15H22N2O3S/c16-15(21)11-1-5-14(6-2-11)20-10-13(19)9-17(7-8-18)12-3-4-12/h1-2,5-6,12-13,18-19H,3-4,7-10H2,(H2,16,21). The van der Waals surface area contributed by atoms with Crippen LogP contribution in [0.1, 0.15) is 18.4 Å². The van der Waals surface area contributed by atoms with Crippen LogP contribution >= 0.6 is 12.2 Å². The quantitative estimate of drug-likeness (QED) is 0.577. The molecule has 1 fully saturated rings. The van der Waals surface area contributed by atoms with Crippen LogP contribution in [0, 0.1) is 0 Å². The molecule has 0 radical (unpaired) electrons. The second kappa shape index (κ2) is 7.70. The van der Waals surface area contributed by atoms with E-state index < -0.39 is 6.10 Å². The van der Waals surface area contributed by atoms with E-state index in [1.165, 1.54) is 0 Å². The van der Waals surface area contributed by atoms with Crippen LogP contribution in [-0.2, 0) is 0 Å². The number of hydrogen-bond donors (Lipinski definition) is 3. The monoisotopic (exact) mass is 310 g/mol. The molecule has 1 aliphatic rings. The minimum absolute atomic E-state index is 0.116. The van der Waals surface area contributed by atoms with E-state index in [1.807, 2.05) is 0 Å². The van der Waals surface area contributed by atoms with Crippen LogP contribution < -0.4 is 10.5 Å². The lowest BCUT2D eigenvalue weighted by Gasteiger charge is -2.24. The SMILES string of the molecule is NC(=S)c1ccc(OCC(O)CN(CCO)C2CC2)cc1. The zero-order valence-electron chi connectivity index (χ0n) is 11.9. The molecule has 0 aliphatic heterocycles. The molecule has 0 amide bonds. The number of ether oxygens (including phenoxy) is 1. The Morgan fingerprint density at radius 1 is 1.38 bits per heavy atom. The molecule has 0 aromatic heterocycles. The summed E-state index contributed by atoms with van der Waals surface area (Å²) in [6.07, 6.45) is 1.72. The lowest BCUT2D eigenvalue weighted by Crippen LogP contribution is -2.38. The summed E-state index contributed by atoms with van der Waals surface area (Å²) in [6, 6.07) is 7.68. The minimum Gasteiger partial charge on any atom is -0.491 e. The van der Waals surface area contributed by atoms with Gasteiger partial charge in [-0.15, -0.1) is 0 Å². The van der Waals surface area contributed by atoms with Gasteiger partial charge in [0.15, 0.2) is 0 Å². The molecule has 1 atom stereocenters. The summed E-state index contributed by atoms with van der Waals surface area (Å²) in [7, 11) is 0. The summed E-state index contributed by atoms with van der Waals surface area (Å²) in [5.74, 6) is 0.675. The number of nitrogens with zero attached hydrogens (tertiary/aromatic N) is 1. The van der Waals surface area contributed by atoms with E-state index in [0.29, 0.717) is 29.9 Å². The molecule has 0 saturated heterocycles. The first-order valence-corrected chi connectivity index (χ1v) is 7.56. The molecule has 21 heavy (non-hydrogen) atoms. The average Bonchev–Trinajstić information content (AvgIpc) is 3.29. The first-order chi connectivity index (χ1) is 10.1. The number of thiocarbonyl (C=S) groups is 1. The maximum absolute atomic E-state index is 10.0. The third kappa shape index (κ3) is 5.24. The Bertz CT molecular complexity index is 462. The molecule has 0 bridgehead atoms. The Balaban J connectivity index is 1.77. The van der Waals surface area contributed by atoms with Gasteiger partial charge in [0.1, 0.15) is 23.4 Å². The lowest BCUT2D eigenvalue weighted by atomic mass is 10.2. The van der Waals surface area contributed by atoms with Crippen LogP contribution in [-0.4, -0.2) is 58.6 Å². The largest absolute Gasteiger partial charge is 0.491 e. The Morgan fingerprint density at radius 3 is 2.57 bits per heavy atom. The Labute approximate surface area is 130 Å². The fourth-order valence-electron chi connectivity index (χ4n) is 2.22. The molecular weight excluding hydrogens is 288 g/mol. The predicted molar refractivity (Wildman–Crippen MR) is 85.5 cm³/mol. The molecule has 0 heterocycles. The molecule has 4 N–H and O–H groups in total. The van der Waals surface area contributed by atoms with Crippen LogP contribution in [0.15, 0.2) is 24.3 Å². The van der Waals surface area contributed by atoms with Gasteiger partial charge in [-0.1, -0.05) is 12.2 Å². The third-order valence-electron chi connectivity index (χ3n) is 3.48. The summed E-state index contributed by atoms with van der Waals surface area (Å²) in [5, 5.41) is 19.1. The summed E-state index contributed by atoms with van der Waals surface area (Å²) < 4.78 is 5.56. The second-order valence-corrected chi connectivity index (χ2v) is 5.74. The molecule has 116 valence electrons. The number of aliphatic hydroxyl groups is 2. The zero-order chi connectivity index (χ0) is 15.2. The molecule has 1 aromatic rings. The van der Waals surface area contributed by atoms with Gasteiger partial charge in [0, 0.05) is 24.7 Å². The lowest BCUT2D eigenvalue weighted by molar-refractivity contribution is 0.0588. The highest BCUT2D eigenvalue weighted by atomic mass is 32.1. The van der Waals surface area contributed by atoms with E-state index in [1.54, 1.807) is 24.3 Å². The number of hydrogen-bond acceptors (Lipinski definition) is 5. The molecule has 1 aliphatic carbocycles. The predicted octanol–water partition coefficient (Wildman–Crippen LogP) is 0.517. The number of nitrogens with two attached hydrogens (primary N) is 1. The van der Waals surface area contributed by atoms with Gasteiger partial charge < -0.3 is 20.7 Å². The van der Waals surface area contributed by atoms with E-state index in [-0.39, 0.29) is 13.2 Å². The molecule has 2 rings (SSSR count).